The Balaban J connectivity index is 1.71. The number of phenols is 1. The fraction of sp³-hybridized carbons (Fsp3) is 0.500. The molecule has 1 aromatic carbocycles. The van der Waals surface area contributed by atoms with Crippen LogP contribution in [-0.2, 0) is 6.54 Å². The van der Waals surface area contributed by atoms with E-state index in [4.69, 9.17) is 0 Å². The monoisotopic (exact) mass is 255 g/mol. The average molecular weight is 255 g/mol. The lowest BCUT2D eigenvalue weighted by Crippen LogP contribution is -2.28. The van der Waals surface area contributed by atoms with E-state index >= 15 is 0 Å². The Kier molecular flexibility index (Phi) is 4.88. The van der Waals surface area contributed by atoms with Gasteiger partial charge in [-0.3, -0.25) is 0 Å². The Morgan fingerprint density at radius 2 is 2.31 bits per heavy atom. The van der Waals surface area contributed by atoms with Gasteiger partial charge in [0, 0.05) is 35.6 Å². The first-order valence-electron chi connectivity index (χ1n) is 5.52. The van der Waals surface area contributed by atoms with Crippen molar-refractivity contribution in [3.63, 3.8) is 0 Å². The summed E-state index contributed by atoms with van der Waals surface area (Å²) in [5.74, 6) is 4.19. The molecule has 88 valence electrons. The van der Waals surface area contributed by atoms with Gasteiger partial charge in [-0.15, -0.1) is 0 Å². The smallest absolute Gasteiger partial charge is 0.115 e. The van der Waals surface area contributed by atoms with Crippen molar-refractivity contribution in [2.45, 2.75) is 11.8 Å². The van der Waals surface area contributed by atoms with Crippen molar-refractivity contribution in [3.8, 4) is 5.75 Å². The molecule has 2 rings (SSSR count). The minimum absolute atomic E-state index is 0.349. The fourth-order valence-electron chi connectivity index (χ4n) is 1.70. The number of nitrogens with one attached hydrogen (secondary N) is 1. The molecule has 0 aromatic heterocycles. The summed E-state index contributed by atoms with van der Waals surface area (Å²) in [4.78, 5) is 0. The molecule has 1 heterocycles. The van der Waals surface area contributed by atoms with Crippen LogP contribution in [-0.4, -0.2) is 34.2 Å². The predicted molar refractivity (Wildman–Crippen MR) is 73.4 cm³/mol. The number of aromatic hydroxyl groups is 1. The van der Waals surface area contributed by atoms with Crippen LogP contribution in [0.2, 0.25) is 0 Å². The molecular formula is C12H17NOS2. The van der Waals surface area contributed by atoms with Crippen molar-refractivity contribution in [1.29, 1.82) is 0 Å². The number of benzene rings is 1. The van der Waals surface area contributed by atoms with Crippen LogP contribution in [0.25, 0.3) is 0 Å². The quantitative estimate of drug-likeness (QED) is 0.865. The largest absolute Gasteiger partial charge is 0.508 e. The topological polar surface area (TPSA) is 32.3 Å². The molecule has 0 aliphatic carbocycles. The van der Waals surface area contributed by atoms with E-state index in [9.17, 15) is 5.11 Å². The molecule has 0 radical (unpaired) electrons. The van der Waals surface area contributed by atoms with Gasteiger partial charge in [0.2, 0.25) is 0 Å². The van der Waals surface area contributed by atoms with E-state index in [-0.39, 0.29) is 0 Å². The second-order valence-electron chi connectivity index (χ2n) is 3.87. The summed E-state index contributed by atoms with van der Waals surface area (Å²) in [6, 6.07) is 7.44. The van der Waals surface area contributed by atoms with Crippen molar-refractivity contribution in [3.05, 3.63) is 29.8 Å². The third-order valence-electron chi connectivity index (χ3n) is 2.50. The van der Waals surface area contributed by atoms with E-state index in [0.29, 0.717) is 5.75 Å². The highest BCUT2D eigenvalue weighted by Crippen LogP contribution is 2.23. The van der Waals surface area contributed by atoms with Gasteiger partial charge in [0.15, 0.2) is 0 Å². The number of hydrogen-bond donors (Lipinski definition) is 2. The summed E-state index contributed by atoms with van der Waals surface area (Å²) in [5, 5.41) is 13.5. The summed E-state index contributed by atoms with van der Waals surface area (Å²) in [6.07, 6.45) is 0. The standard InChI is InChI=1S/C12H17NOS2/c14-11-3-1-2-10(6-11)7-13-8-12-9-15-4-5-16-12/h1-3,6,12-14H,4-5,7-9H2. The molecule has 1 unspecified atom stereocenters. The Hall–Kier alpha value is -0.320. The minimum atomic E-state index is 0.349. The zero-order valence-corrected chi connectivity index (χ0v) is 10.8. The third kappa shape index (κ3) is 3.92. The van der Waals surface area contributed by atoms with E-state index in [1.54, 1.807) is 6.07 Å². The summed E-state index contributed by atoms with van der Waals surface area (Å²) in [7, 11) is 0. The van der Waals surface area contributed by atoms with Gasteiger partial charge in [0.1, 0.15) is 5.75 Å². The number of thioether (sulfide) groups is 2. The molecule has 16 heavy (non-hydrogen) atoms. The van der Waals surface area contributed by atoms with Crippen LogP contribution >= 0.6 is 23.5 Å². The van der Waals surface area contributed by atoms with Crippen LogP contribution in [0.3, 0.4) is 0 Å². The van der Waals surface area contributed by atoms with Crippen LogP contribution in [0.15, 0.2) is 24.3 Å². The highest BCUT2D eigenvalue weighted by atomic mass is 32.2. The van der Waals surface area contributed by atoms with Gasteiger partial charge in [-0.05, 0) is 17.7 Å². The van der Waals surface area contributed by atoms with Gasteiger partial charge in [-0.2, -0.15) is 23.5 Å². The second kappa shape index (κ2) is 6.42. The molecule has 1 fully saturated rings. The lowest BCUT2D eigenvalue weighted by molar-refractivity contribution is 0.474. The zero-order chi connectivity index (χ0) is 11.2. The van der Waals surface area contributed by atoms with E-state index in [2.05, 4.69) is 28.8 Å². The van der Waals surface area contributed by atoms with Crippen molar-refractivity contribution in [1.82, 2.24) is 5.32 Å². The first-order valence-corrected chi connectivity index (χ1v) is 7.73. The molecule has 1 aliphatic heterocycles. The summed E-state index contributed by atoms with van der Waals surface area (Å²) in [6.45, 7) is 1.91. The van der Waals surface area contributed by atoms with Crippen LogP contribution in [0.4, 0.5) is 0 Å². The van der Waals surface area contributed by atoms with Crippen LogP contribution in [0.1, 0.15) is 5.56 Å². The van der Waals surface area contributed by atoms with Crippen LogP contribution in [0.5, 0.6) is 5.75 Å². The van der Waals surface area contributed by atoms with Crippen molar-refractivity contribution in [2.75, 3.05) is 23.8 Å². The maximum absolute atomic E-state index is 9.33. The van der Waals surface area contributed by atoms with Gasteiger partial charge < -0.3 is 10.4 Å². The summed E-state index contributed by atoms with van der Waals surface area (Å²) >= 11 is 4.12. The molecule has 1 aromatic rings. The van der Waals surface area contributed by atoms with E-state index in [1.165, 1.54) is 17.3 Å². The van der Waals surface area contributed by atoms with Crippen molar-refractivity contribution in [2.24, 2.45) is 0 Å². The number of phenolic OH excluding ortho intramolecular Hbond substituents is 1. The lowest BCUT2D eigenvalue weighted by Gasteiger charge is -2.21. The Morgan fingerprint density at radius 3 is 3.06 bits per heavy atom. The van der Waals surface area contributed by atoms with Crippen LogP contribution < -0.4 is 5.32 Å². The Bertz CT molecular complexity index is 327. The van der Waals surface area contributed by atoms with E-state index in [1.807, 2.05) is 18.2 Å². The van der Waals surface area contributed by atoms with E-state index in [0.717, 1.165) is 23.9 Å². The lowest BCUT2D eigenvalue weighted by atomic mass is 10.2. The Morgan fingerprint density at radius 1 is 1.38 bits per heavy atom. The second-order valence-corrected chi connectivity index (χ2v) is 6.43. The molecule has 0 saturated carbocycles. The molecule has 4 heteroatoms. The highest BCUT2D eigenvalue weighted by Gasteiger charge is 2.13. The average Bonchev–Trinajstić information content (AvgIpc) is 2.30. The number of hydrogen-bond acceptors (Lipinski definition) is 4. The van der Waals surface area contributed by atoms with Crippen molar-refractivity contribution < 1.29 is 5.11 Å². The first-order chi connectivity index (χ1) is 7.84. The molecule has 2 N–H and O–H groups in total. The van der Waals surface area contributed by atoms with E-state index < -0.39 is 0 Å². The van der Waals surface area contributed by atoms with Gasteiger partial charge in [-0.1, -0.05) is 12.1 Å². The first kappa shape index (κ1) is 12.1. The summed E-state index contributed by atoms with van der Waals surface area (Å²) in [5.41, 5.74) is 1.15. The maximum Gasteiger partial charge on any atom is 0.115 e. The fourth-order valence-corrected chi connectivity index (χ4v) is 4.34. The van der Waals surface area contributed by atoms with Gasteiger partial charge in [0.05, 0.1) is 0 Å². The normalized spacial score (nSPS) is 20.9. The van der Waals surface area contributed by atoms with Gasteiger partial charge >= 0.3 is 0 Å². The van der Waals surface area contributed by atoms with Gasteiger partial charge in [-0.25, -0.2) is 0 Å². The molecule has 1 aliphatic rings. The van der Waals surface area contributed by atoms with Gasteiger partial charge in [0.25, 0.3) is 0 Å². The SMILES string of the molecule is Oc1cccc(CNCC2CSCCS2)c1. The van der Waals surface area contributed by atoms with Crippen molar-refractivity contribution >= 4 is 23.5 Å². The van der Waals surface area contributed by atoms with Crippen LogP contribution in [0, 0.1) is 0 Å². The zero-order valence-electron chi connectivity index (χ0n) is 9.19. The molecule has 1 saturated heterocycles. The number of rotatable bonds is 4. The molecule has 0 spiro atoms. The highest BCUT2D eigenvalue weighted by molar-refractivity contribution is 8.06. The molecular weight excluding hydrogens is 238 g/mol. The predicted octanol–water partition coefficient (Wildman–Crippen LogP) is 2.33. The third-order valence-corrected chi connectivity index (χ3v) is 5.34. The molecule has 1 atom stereocenters. The Labute approximate surface area is 105 Å². The summed E-state index contributed by atoms with van der Waals surface area (Å²) < 4.78 is 0. The minimum Gasteiger partial charge on any atom is -0.508 e. The molecule has 0 bridgehead atoms. The molecule has 2 nitrogen and oxygen atoms in total. The molecule has 0 amide bonds. The maximum atomic E-state index is 9.33.